The Labute approximate surface area is 135 Å². The van der Waals surface area contributed by atoms with Gasteiger partial charge in [0.05, 0.1) is 7.11 Å². The van der Waals surface area contributed by atoms with E-state index in [0.29, 0.717) is 0 Å². The molecule has 2 aromatic heterocycles. The number of esters is 1. The number of rotatable bonds is 4. The highest BCUT2D eigenvalue weighted by molar-refractivity contribution is 5.97. The predicted molar refractivity (Wildman–Crippen MR) is 83.5 cm³/mol. The van der Waals surface area contributed by atoms with Crippen molar-refractivity contribution in [2.24, 2.45) is 0 Å². The van der Waals surface area contributed by atoms with Gasteiger partial charge in [0.15, 0.2) is 16.8 Å². The molecule has 0 bridgehead atoms. The van der Waals surface area contributed by atoms with E-state index in [1.54, 1.807) is 0 Å². The van der Waals surface area contributed by atoms with Crippen LogP contribution in [0.25, 0.3) is 11.2 Å². The maximum atomic E-state index is 12.5. The van der Waals surface area contributed by atoms with Gasteiger partial charge in [-0.15, -0.1) is 4.73 Å². The number of carbonyl (C=O) groups excluding carboxylic acids is 1. The zero-order valence-corrected chi connectivity index (χ0v) is 12.7. The molecule has 3 rings (SSSR count). The van der Waals surface area contributed by atoms with E-state index in [9.17, 15) is 14.7 Å². The van der Waals surface area contributed by atoms with Gasteiger partial charge in [-0.2, -0.15) is 0 Å². The molecular formula is C16H13N3O5. The van der Waals surface area contributed by atoms with E-state index < -0.39 is 22.8 Å². The number of hydrogen-bond donors (Lipinski definition) is 1. The summed E-state index contributed by atoms with van der Waals surface area (Å²) in [5, 5.41) is 10.2. The fourth-order valence-electron chi connectivity index (χ4n) is 2.18. The average Bonchev–Trinajstić information content (AvgIpc) is 2.62. The Morgan fingerprint density at radius 3 is 2.62 bits per heavy atom. The van der Waals surface area contributed by atoms with Crippen molar-refractivity contribution in [1.29, 1.82) is 0 Å². The fourth-order valence-corrected chi connectivity index (χ4v) is 2.18. The summed E-state index contributed by atoms with van der Waals surface area (Å²) in [6.45, 7) is 0.0673. The van der Waals surface area contributed by atoms with Crippen LogP contribution in [0.3, 0.4) is 0 Å². The number of nitrogens with zero attached hydrogens (tertiary/aromatic N) is 3. The van der Waals surface area contributed by atoms with E-state index in [4.69, 9.17) is 4.84 Å². The molecule has 24 heavy (non-hydrogen) atoms. The maximum absolute atomic E-state index is 12.5. The minimum absolute atomic E-state index is 0.00332. The lowest BCUT2D eigenvalue weighted by atomic mass is 10.2. The van der Waals surface area contributed by atoms with Crippen LogP contribution in [0.15, 0.2) is 47.5 Å². The third-order valence-corrected chi connectivity index (χ3v) is 3.32. The lowest BCUT2D eigenvalue weighted by molar-refractivity contribution is 0.0580. The number of aromatic nitrogens is 3. The third-order valence-electron chi connectivity index (χ3n) is 3.32. The Bertz CT molecular complexity index is 953. The quantitative estimate of drug-likeness (QED) is 0.710. The molecule has 122 valence electrons. The van der Waals surface area contributed by atoms with Crippen LogP contribution in [0.4, 0.5) is 0 Å². The fraction of sp³-hybridized carbons (Fsp3) is 0.125. The molecule has 0 saturated carbocycles. The highest BCUT2D eigenvalue weighted by Crippen LogP contribution is 2.23. The number of ether oxygens (including phenoxy) is 1. The molecule has 0 unspecified atom stereocenters. The first-order valence-corrected chi connectivity index (χ1v) is 6.97. The molecule has 3 aromatic rings. The van der Waals surface area contributed by atoms with Crippen molar-refractivity contribution in [2.45, 2.75) is 6.61 Å². The topological polar surface area (TPSA) is 104 Å². The van der Waals surface area contributed by atoms with Gasteiger partial charge in [0, 0.05) is 12.4 Å². The molecule has 0 aliphatic carbocycles. The van der Waals surface area contributed by atoms with Crippen molar-refractivity contribution in [2.75, 3.05) is 7.11 Å². The summed E-state index contributed by atoms with van der Waals surface area (Å²) in [5.74, 6) is -1.57. The normalized spacial score (nSPS) is 10.5. The number of carbonyl (C=O) groups is 1. The second-order valence-corrected chi connectivity index (χ2v) is 4.80. The second kappa shape index (κ2) is 6.37. The van der Waals surface area contributed by atoms with Crippen molar-refractivity contribution in [3.63, 3.8) is 0 Å². The van der Waals surface area contributed by atoms with Gasteiger partial charge >= 0.3 is 11.5 Å². The molecule has 0 fully saturated rings. The number of pyridine rings is 1. The Hall–Kier alpha value is -3.42. The zero-order chi connectivity index (χ0) is 17.1. The maximum Gasteiger partial charge on any atom is 0.347 e. The van der Waals surface area contributed by atoms with E-state index in [0.717, 1.165) is 17.4 Å². The minimum atomic E-state index is -0.984. The standard InChI is InChI=1S/C16H13N3O5/c1-23-16(22)11-13(20)12-14(18-8-7-17-12)19(15(11)21)24-9-10-5-3-2-4-6-10/h2-8,20H,9H2,1H3. The lowest BCUT2D eigenvalue weighted by Crippen LogP contribution is -2.32. The minimum Gasteiger partial charge on any atom is -0.505 e. The summed E-state index contributed by atoms with van der Waals surface area (Å²) in [6.07, 6.45) is 2.68. The van der Waals surface area contributed by atoms with Crippen molar-refractivity contribution >= 4 is 17.1 Å². The zero-order valence-electron chi connectivity index (χ0n) is 12.7. The molecule has 0 aliphatic heterocycles. The largest absolute Gasteiger partial charge is 0.505 e. The first kappa shape index (κ1) is 15.5. The van der Waals surface area contributed by atoms with Crippen LogP contribution in [-0.2, 0) is 11.3 Å². The van der Waals surface area contributed by atoms with Crippen LogP contribution in [0.1, 0.15) is 15.9 Å². The molecule has 0 saturated heterocycles. The molecule has 0 amide bonds. The molecule has 1 aromatic carbocycles. The molecule has 0 radical (unpaired) electrons. The molecule has 2 heterocycles. The molecule has 0 atom stereocenters. The van der Waals surface area contributed by atoms with Gasteiger partial charge in [-0.3, -0.25) is 4.79 Å². The van der Waals surface area contributed by atoms with Gasteiger partial charge in [-0.25, -0.2) is 14.8 Å². The van der Waals surface area contributed by atoms with Crippen molar-refractivity contribution < 1.29 is 19.5 Å². The smallest absolute Gasteiger partial charge is 0.347 e. The summed E-state index contributed by atoms with van der Waals surface area (Å²) in [5.41, 5.74) is -0.648. The number of aromatic hydroxyl groups is 1. The van der Waals surface area contributed by atoms with Crippen LogP contribution in [0, 0.1) is 0 Å². The molecule has 8 nitrogen and oxygen atoms in total. The molecule has 0 spiro atoms. The predicted octanol–water partition coefficient (Wildman–Crippen LogP) is 0.912. The van der Waals surface area contributed by atoms with Crippen LogP contribution < -0.4 is 10.4 Å². The Morgan fingerprint density at radius 1 is 1.21 bits per heavy atom. The van der Waals surface area contributed by atoms with Gasteiger partial charge < -0.3 is 14.7 Å². The SMILES string of the molecule is COC(=O)c1c(O)c2nccnc2n(OCc2ccccc2)c1=O. The highest BCUT2D eigenvalue weighted by Gasteiger charge is 2.25. The van der Waals surface area contributed by atoms with Crippen LogP contribution in [0.5, 0.6) is 5.75 Å². The molecular weight excluding hydrogens is 314 g/mol. The van der Waals surface area contributed by atoms with Gasteiger partial charge in [0.25, 0.3) is 0 Å². The third kappa shape index (κ3) is 2.65. The number of methoxy groups -OCH3 is 1. The second-order valence-electron chi connectivity index (χ2n) is 4.80. The first-order chi connectivity index (χ1) is 11.6. The number of fused-ring (bicyclic) bond motifs is 1. The van der Waals surface area contributed by atoms with Gasteiger partial charge in [-0.1, -0.05) is 30.3 Å². The first-order valence-electron chi connectivity index (χ1n) is 6.97. The summed E-state index contributed by atoms with van der Waals surface area (Å²) in [7, 11) is 1.11. The Morgan fingerprint density at radius 2 is 1.92 bits per heavy atom. The summed E-state index contributed by atoms with van der Waals surface area (Å²) in [4.78, 5) is 37.8. The Kier molecular flexibility index (Phi) is 4.11. The number of benzene rings is 1. The van der Waals surface area contributed by atoms with E-state index in [1.165, 1.54) is 12.4 Å². The lowest BCUT2D eigenvalue weighted by Gasteiger charge is -2.13. The molecule has 1 N–H and O–H groups in total. The van der Waals surface area contributed by atoms with Crippen LogP contribution in [-0.4, -0.2) is 32.9 Å². The molecule has 0 aliphatic rings. The van der Waals surface area contributed by atoms with E-state index in [1.807, 2.05) is 30.3 Å². The highest BCUT2D eigenvalue weighted by atomic mass is 16.7. The van der Waals surface area contributed by atoms with Gasteiger partial charge in [0.2, 0.25) is 5.65 Å². The van der Waals surface area contributed by atoms with E-state index >= 15 is 0 Å². The van der Waals surface area contributed by atoms with Gasteiger partial charge in [0.1, 0.15) is 6.61 Å². The van der Waals surface area contributed by atoms with E-state index in [2.05, 4.69) is 14.7 Å². The molecule has 8 heteroatoms. The van der Waals surface area contributed by atoms with Crippen LogP contribution >= 0.6 is 0 Å². The van der Waals surface area contributed by atoms with E-state index in [-0.39, 0.29) is 17.8 Å². The summed E-state index contributed by atoms with van der Waals surface area (Å²) in [6, 6.07) is 9.15. The summed E-state index contributed by atoms with van der Waals surface area (Å²) < 4.78 is 5.38. The Balaban J connectivity index is 2.15. The van der Waals surface area contributed by atoms with Gasteiger partial charge in [-0.05, 0) is 5.56 Å². The van der Waals surface area contributed by atoms with Crippen molar-refractivity contribution in [3.05, 3.63) is 64.2 Å². The van der Waals surface area contributed by atoms with Crippen molar-refractivity contribution in [1.82, 2.24) is 14.7 Å². The van der Waals surface area contributed by atoms with Crippen LogP contribution in [0.2, 0.25) is 0 Å². The number of hydrogen-bond acceptors (Lipinski definition) is 7. The monoisotopic (exact) mass is 327 g/mol. The van der Waals surface area contributed by atoms with Crippen molar-refractivity contribution in [3.8, 4) is 5.75 Å². The average molecular weight is 327 g/mol. The summed E-state index contributed by atoms with van der Waals surface area (Å²) >= 11 is 0.